The first-order valence-electron chi connectivity index (χ1n) is 6.86. The molecule has 1 fully saturated rings. The number of amides is 2. The maximum Gasteiger partial charge on any atom is 0.293 e. The van der Waals surface area contributed by atoms with E-state index in [9.17, 15) is 9.59 Å². The highest BCUT2D eigenvalue weighted by Crippen LogP contribution is 2.34. The Morgan fingerprint density at radius 1 is 1.17 bits per heavy atom. The minimum atomic E-state index is -0.333. The van der Waals surface area contributed by atoms with Crippen LogP contribution in [-0.4, -0.2) is 26.2 Å². The number of thiophene rings is 2. The first-order chi connectivity index (χ1) is 11.7. The number of rotatable bonds is 4. The van der Waals surface area contributed by atoms with E-state index in [0.717, 1.165) is 26.4 Å². The van der Waals surface area contributed by atoms with Crippen molar-refractivity contribution < 1.29 is 14.1 Å². The number of carbonyl (C=O) groups excluding carboxylic acids is 2. The lowest BCUT2D eigenvalue weighted by molar-refractivity contribution is -0.123. The summed E-state index contributed by atoms with van der Waals surface area (Å²) >= 11 is 3.91. The van der Waals surface area contributed by atoms with Crippen molar-refractivity contribution in [1.82, 2.24) is 15.0 Å². The van der Waals surface area contributed by atoms with Crippen LogP contribution in [0.25, 0.3) is 16.8 Å². The van der Waals surface area contributed by atoms with Crippen LogP contribution in [0, 0.1) is 0 Å². The summed E-state index contributed by atoms with van der Waals surface area (Å²) in [5.41, 5.74) is 0. The van der Waals surface area contributed by atoms with E-state index in [2.05, 4.69) is 10.1 Å². The Hall–Kier alpha value is -2.23. The van der Waals surface area contributed by atoms with Crippen LogP contribution in [0.15, 0.2) is 44.5 Å². The first-order valence-corrected chi connectivity index (χ1v) is 9.43. The van der Waals surface area contributed by atoms with Crippen LogP contribution < -0.4 is 0 Å². The van der Waals surface area contributed by atoms with Gasteiger partial charge < -0.3 is 4.52 Å². The lowest BCUT2D eigenvalue weighted by Gasteiger charge is -2.08. The van der Waals surface area contributed by atoms with Gasteiger partial charge in [0.05, 0.1) is 16.3 Å². The monoisotopic (exact) mass is 375 g/mol. The number of hydrogen-bond donors (Lipinski definition) is 0. The fraction of sp³-hybridized carbons (Fsp3) is 0.0667. The minimum absolute atomic E-state index is 0.00131. The highest BCUT2D eigenvalue weighted by atomic mass is 32.2. The molecule has 4 rings (SSSR count). The first kappa shape index (κ1) is 15.3. The number of hydrogen-bond acceptors (Lipinski definition) is 8. The van der Waals surface area contributed by atoms with Gasteiger partial charge in [-0.1, -0.05) is 17.3 Å². The Balaban J connectivity index is 1.52. The van der Waals surface area contributed by atoms with Gasteiger partial charge in [-0.2, -0.15) is 4.98 Å². The molecule has 0 saturated carbocycles. The molecule has 1 saturated heterocycles. The Labute approximate surface area is 148 Å². The summed E-state index contributed by atoms with van der Waals surface area (Å²) in [6.45, 7) is 0.00131. The summed E-state index contributed by atoms with van der Waals surface area (Å²) in [7, 11) is 0. The van der Waals surface area contributed by atoms with E-state index in [-0.39, 0.29) is 17.7 Å². The van der Waals surface area contributed by atoms with Crippen LogP contribution in [0.3, 0.4) is 0 Å². The molecule has 0 aromatic carbocycles. The summed E-state index contributed by atoms with van der Waals surface area (Å²) < 4.78 is 5.18. The summed E-state index contributed by atoms with van der Waals surface area (Å²) in [6.07, 6.45) is 1.73. The van der Waals surface area contributed by atoms with E-state index < -0.39 is 0 Å². The largest absolute Gasteiger partial charge is 0.333 e. The summed E-state index contributed by atoms with van der Waals surface area (Å²) in [5.74, 6) is 0.361. The molecule has 0 N–H and O–H groups in total. The number of carbonyl (C=O) groups is 2. The third-order valence-electron chi connectivity index (χ3n) is 3.19. The molecule has 3 aromatic rings. The number of nitrogens with zero attached hydrogens (tertiary/aromatic N) is 3. The lowest BCUT2D eigenvalue weighted by Crippen LogP contribution is -2.28. The lowest BCUT2D eigenvalue weighted by atomic mass is 10.3. The highest BCUT2D eigenvalue weighted by Gasteiger charge is 2.36. The maximum absolute atomic E-state index is 12.4. The van der Waals surface area contributed by atoms with E-state index in [0.29, 0.717) is 16.6 Å². The smallest absolute Gasteiger partial charge is 0.293 e. The molecular weight excluding hydrogens is 366 g/mol. The molecule has 3 aromatic heterocycles. The summed E-state index contributed by atoms with van der Waals surface area (Å²) in [4.78, 5) is 32.1. The van der Waals surface area contributed by atoms with Gasteiger partial charge in [0.2, 0.25) is 0 Å². The van der Waals surface area contributed by atoms with E-state index >= 15 is 0 Å². The third-order valence-corrected chi connectivity index (χ3v) is 5.77. The van der Waals surface area contributed by atoms with Gasteiger partial charge in [0, 0.05) is 4.88 Å². The van der Waals surface area contributed by atoms with Crippen molar-refractivity contribution >= 4 is 51.7 Å². The van der Waals surface area contributed by atoms with Crippen molar-refractivity contribution in [1.29, 1.82) is 0 Å². The topological polar surface area (TPSA) is 76.3 Å². The SMILES string of the molecule is O=C1S/C(=C\c2cccs2)C(=O)N1Cc1noc(-c2cccs2)n1. The molecule has 0 spiro atoms. The molecule has 0 unspecified atom stereocenters. The fourth-order valence-corrected chi connectivity index (χ4v) is 4.30. The van der Waals surface area contributed by atoms with Gasteiger partial charge >= 0.3 is 0 Å². The predicted molar refractivity (Wildman–Crippen MR) is 93.4 cm³/mol. The van der Waals surface area contributed by atoms with E-state index in [4.69, 9.17) is 4.52 Å². The average Bonchev–Trinajstić information content (AvgIpc) is 3.33. The fourth-order valence-electron chi connectivity index (χ4n) is 2.10. The second-order valence-electron chi connectivity index (χ2n) is 4.78. The van der Waals surface area contributed by atoms with E-state index in [1.807, 2.05) is 35.0 Å². The molecular formula is C15H9N3O3S3. The normalized spacial score (nSPS) is 16.5. The summed E-state index contributed by atoms with van der Waals surface area (Å²) in [6, 6.07) is 7.54. The van der Waals surface area contributed by atoms with Crippen molar-refractivity contribution in [3.8, 4) is 10.8 Å². The second-order valence-corrected chi connectivity index (χ2v) is 7.70. The molecule has 2 amide bonds. The Morgan fingerprint density at radius 2 is 2.00 bits per heavy atom. The predicted octanol–water partition coefficient (Wildman–Crippen LogP) is 4.10. The molecule has 120 valence electrons. The van der Waals surface area contributed by atoms with Gasteiger partial charge in [-0.25, -0.2) is 0 Å². The molecule has 6 nitrogen and oxygen atoms in total. The molecule has 24 heavy (non-hydrogen) atoms. The maximum atomic E-state index is 12.4. The van der Waals surface area contributed by atoms with Gasteiger partial charge in [-0.15, -0.1) is 22.7 Å². The third kappa shape index (κ3) is 2.93. The zero-order chi connectivity index (χ0) is 16.5. The van der Waals surface area contributed by atoms with Crippen LogP contribution in [0.2, 0.25) is 0 Å². The van der Waals surface area contributed by atoms with Crippen LogP contribution in [0.4, 0.5) is 4.79 Å². The number of thioether (sulfide) groups is 1. The Kier molecular flexibility index (Phi) is 4.05. The van der Waals surface area contributed by atoms with Crippen LogP contribution in [-0.2, 0) is 11.3 Å². The molecule has 0 aliphatic carbocycles. The number of aromatic nitrogens is 2. The Bertz CT molecular complexity index is 913. The van der Waals surface area contributed by atoms with Gasteiger partial charge in [-0.05, 0) is 40.7 Å². The van der Waals surface area contributed by atoms with Crippen molar-refractivity contribution in [2.45, 2.75) is 6.54 Å². The zero-order valence-corrected chi connectivity index (χ0v) is 14.5. The van der Waals surface area contributed by atoms with Gasteiger partial charge in [-0.3, -0.25) is 14.5 Å². The molecule has 0 atom stereocenters. The van der Waals surface area contributed by atoms with Crippen molar-refractivity contribution in [2.24, 2.45) is 0 Å². The van der Waals surface area contributed by atoms with Crippen LogP contribution in [0.1, 0.15) is 10.7 Å². The second kappa shape index (κ2) is 6.34. The van der Waals surface area contributed by atoms with E-state index in [1.54, 1.807) is 6.08 Å². The standard InChI is InChI=1S/C15H9N3O3S3/c19-14-11(7-9-3-1-5-22-9)24-15(20)18(14)8-12-16-13(21-17-12)10-4-2-6-23-10/h1-7H,8H2/b11-7-. The zero-order valence-electron chi connectivity index (χ0n) is 12.0. The Morgan fingerprint density at radius 3 is 2.75 bits per heavy atom. The van der Waals surface area contributed by atoms with Crippen molar-refractivity contribution in [3.05, 3.63) is 50.6 Å². The van der Waals surface area contributed by atoms with Gasteiger partial charge in [0.1, 0.15) is 0 Å². The highest BCUT2D eigenvalue weighted by molar-refractivity contribution is 8.18. The average molecular weight is 375 g/mol. The molecule has 0 radical (unpaired) electrons. The van der Waals surface area contributed by atoms with Crippen molar-refractivity contribution in [2.75, 3.05) is 0 Å². The molecule has 1 aliphatic heterocycles. The molecule has 0 bridgehead atoms. The van der Waals surface area contributed by atoms with Gasteiger partial charge in [0.25, 0.3) is 17.0 Å². The van der Waals surface area contributed by atoms with E-state index in [1.165, 1.54) is 22.7 Å². The van der Waals surface area contributed by atoms with Crippen LogP contribution in [0.5, 0.6) is 0 Å². The molecule has 1 aliphatic rings. The number of imide groups is 1. The van der Waals surface area contributed by atoms with Crippen molar-refractivity contribution in [3.63, 3.8) is 0 Å². The van der Waals surface area contributed by atoms with Gasteiger partial charge in [0.15, 0.2) is 5.82 Å². The molecule has 9 heteroatoms. The minimum Gasteiger partial charge on any atom is -0.333 e. The van der Waals surface area contributed by atoms with Crippen LogP contribution >= 0.6 is 34.4 Å². The summed E-state index contributed by atoms with van der Waals surface area (Å²) in [5, 5.41) is 7.35. The molecule has 4 heterocycles. The quantitative estimate of drug-likeness (QED) is 0.639.